The van der Waals surface area contributed by atoms with E-state index in [1.807, 2.05) is 6.92 Å². The van der Waals surface area contributed by atoms with Crippen molar-refractivity contribution in [1.29, 1.82) is 0 Å². The van der Waals surface area contributed by atoms with Gasteiger partial charge in [-0.3, -0.25) is 4.99 Å². The molecular formula is C14H18BrFN2S. The standard InChI is InChI=1S/C14H18BrFN2S/c1-8(2)12-4-5-19-14(17-12)18-13-7-10(15)11(16)6-9(13)3/h6-8,12H,4-5H2,1-3H3,(H,17,18). The van der Waals surface area contributed by atoms with Crippen LogP contribution in [-0.2, 0) is 0 Å². The molecule has 2 nitrogen and oxygen atoms in total. The molecule has 0 aromatic heterocycles. The van der Waals surface area contributed by atoms with Crippen LogP contribution in [-0.4, -0.2) is 17.0 Å². The van der Waals surface area contributed by atoms with Crippen LogP contribution < -0.4 is 5.32 Å². The molecule has 1 unspecified atom stereocenters. The average molecular weight is 345 g/mol. The molecule has 0 bridgehead atoms. The zero-order chi connectivity index (χ0) is 14.0. The Labute approximate surface area is 126 Å². The summed E-state index contributed by atoms with van der Waals surface area (Å²) in [5, 5.41) is 4.25. The van der Waals surface area contributed by atoms with Gasteiger partial charge in [0.2, 0.25) is 0 Å². The second kappa shape index (κ2) is 6.27. The van der Waals surface area contributed by atoms with E-state index in [-0.39, 0.29) is 5.82 Å². The van der Waals surface area contributed by atoms with Crippen molar-refractivity contribution in [2.24, 2.45) is 10.9 Å². The number of anilines is 1. The van der Waals surface area contributed by atoms with E-state index in [9.17, 15) is 4.39 Å². The molecule has 0 saturated carbocycles. The molecule has 0 saturated heterocycles. The lowest BCUT2D eigenvalue weighted by molar-refractivity contribution is 0.485. The summed E-state index contributed by atoms with van der Waals surface area (Å²) in [6, 6.07) is 3.68. The number of hydrogen-bond acceptors (Lipinski definition) is 3. The molecule has 5 heteroatoms. The quantitative estimate of drug-likeness (QED) is 0.831. The van der Waals surface area contributed by atoms with Gasteiger partial charge in [0.15, 0.2) is 5.17 Å². The van der Waals surface area contributed by atoms with E-state index in [2.05, 4.69) is 35.1 Å². The van der Waals surface area contributed by atoms with Gasteiger partial charge in [-0.15, -0.1) is 0 Å². The van der Waals surface area contributed by atoms with Crippen molar-refractivity contribution in [3.05, 3.63) is 28.0 Å². The van der Waals surface area contributed by atoms with Crippen molar-refractivity contribution in [2.45, 2.75) is 33.2 Å². The van der Waals surface area contributed by atoms with Crippen LogP contribution in [0.1, 0.15) is 25.8 Å². The smallest absolute Gasteiger partial charge is 0.161 e. The monoisotopic (exact) mass is 344 g/mol. The van der Waals surface area contributed by atoms with Gasteiger partial charge in [0, 0.05) is 11.4 Å². The van der Waals surface area contributed by atoms with E-state index in [1.165, 1.54) is 6.07 Å². The number of thioether (sulfide) groups is 1. The van der Waals surface area contributed by atoms with Gasteiger partial charge in [-0.25, -0.2) is 4.39 Å². The predicted octanol–water partition coefficient (Wildman–Crippen LogP) is 4.83. The van der Waals surface area contributed by atoms with Gasteiger partial charge in [0.05, 0.1) is 10.5 Å². The first kappa shape index (κ1) is 14.9. The Kier molecular flexibility index (Phi) is 4.90. The summed E-state index contributed by atoms with van der Waals surface area (Å²) in [4.78, 5) is 4.73. The number of halogens is 2. The fourth-order valence-electron chi connectivity index (χ4n) is 1.98. The zero-order valence-corrected chi connectivity index (χ0v) is 13.7. The highest BCUT2D eigenvalue weighted by molar-refractivity contribution is 9.10. The largest absolute Gasteiger partial charge is 0.335 e. The van der Waals surface area contributed by atoms with E-state index in [4.69, 9.17) is 4.99 Å². The Bertz CT molecular complexity index is 502. The summed E-state index contributed by atoms with van der Waals surface area (Å²) in [7, 11) is 0. The van der Waals surface area contributed by atoms with Crippen LogP contribution in [0, 0.1) is 18.7 Å². The first-order chi connectivity index (χ1) is 8.97. The van der Waals surface area contributed by atoms with Gasteiger partial charge in [-0.05, 0) is 52.9 Å². The second-order valence-corrected chi connectivity index (χ2v) is 7.03. The highest BCUT2D eigenvalue weighted by Crippen LogP contribution is 2.28. The fourth-order valence-corrected chi connectivity index (χ4v) is 3.26. The molecule has 2 rings (SSSR count). The van der Waals surface area contributed by atoms with Crippen molar-refractivity contribution in [2.75, 3.05) is 11.1 Å². The van der Waals surface area contributed by atoms with Crippen LogP contribution in [0.25, 0.3) is 0 Å². The Balaban J connectivity index is 2.19. The number of nitrogens with one attached hydrogen (secondary N) is 1. The van der Waals surface area contributed by atoms with Gasteiger partial charge < -0.3 is 5.32 Å². The topological polar surface area (TPSA) is 24.4 Å². The molecule has 1 aliphatic rings. The first-order valence-electron chi connectivity index (χ1n) is 6.40. The second-order valence-electron chi connectivity index (χ2n) is 5.09. The van der Waals surface area contributed by atoms with Crippen LogP contribution in [0.5, 0.6) is 0 Å². The van der Waals surface area contributed by atoms with E-state index in [0.29, 0.717) is 16.4 Å². The number of aliphatic imine (C=N–C) groups is 1. The molecule has 0 radical (unpaired) electrons. The van der Waals surface area contributed by atoms with E-state index < -0.39 is 0 Å². The molecule has 19 heavy (non-hydrogen) atoms. The van der Waals surface area contributed by atoms with Gasteiger partial charge in [-0.1, -0.05) is 25.6 Å². The summed E-state index contributed by atoms with van der Waals surface area (Å²) in [5.41, 5.74) is 1.79. The van der Waals surface area contributed by atoms with E-state index in [0.717, 1.165) is 28.6 Å². The number of nitrogens with zero attached hydrogens (tertiary/aromatic N) is 1. The summed E-state index contributed by atoms with van der Waals surface area (Å²) < 4.78 is 13.9. The maximum absolute atomic E-state index is 13.4. The van der Waals surface area contributed by atoms with E-state index >= 15 is 0 Å². The highest BCUT2D eigenvalue weighted by Gasteiger charge is 2.19. The lowest BCUT2D eigenvalue weighted by Crippen LogP contribution is -2.24. The molecule has 0 spiro atoms. The normalized spacial score (nSPS) is 19.5. The molecule has 1 heterocycles. The van der Waals surface area contributed by atoms with Crippen LogP contribution >= 0.6 is 27.7 Å². The number of hydrogen-bond donors (Lipinski definition) is 1. The number of amidine groups is 1. The Morgan fingerprint density at radius 2 is 2.21 bits per heavy atom. The molecule has 1 aromatic rings. The minimum Gasteiger partial charge on any atom is -0.335 e. The molecule has 1 atom stereocenters. The summed E-state index contributed by atoms with van der Waals surface area (Å²) >= 11 is 4.95. The minimum absolute atomic E-state index is 0.235. The third kappa shape index (κ3) is 3.72. The van der Waals surface area contributed by atoms with Gasteiger partial charge in [-0.2, -0.15) is 0 Å². The molecule has 1 aliphatic heterocycles. The predicted molar refractivity (Wildman–Crippen MR) is 85.6 cm³/mol. The summed E-state index contributed by atoms with van der Waals surface area (Å²) in [6.45, 7) is 6.29. The molecule has 1 aromatic carbocycles. The molecule has 0 amide bonds. The maximum atomic E-state index is 13.4. The van der Waals surface area contributed by atoms with Gasteiger partial charge in [0.1, 0.15) is 5.82 Å². The number of aryl methyl sites for hydroxylation is 1. The Morgan fingerprint density at radius 3 is 2.89 bits per heavy atom. The highest BCUT2D eigenvalue weighted by atomic mass is 79.9. The number of benzene rings is 1. The van der Waals surface area contributed by atoms with Crippen LogP contribution in [0.3, 0.4) is 0 Å². The van der Waals surface area contributed by atoms with Crippen molar-refractivity contribution >= 4 is 38.5 Å². The summed E-state index contributed by atoms with van der Waals surface area (Å²) in [6.07, 6.45) is 1.12. The molecule has 0 aliphatic carbocycles. The SMILES string of the molecule is Cc1cc(F)c(Br)cc1NC1=NC(C(C)C)CCS1. The first-order valence-corrected chi connectivity index (χ1v) is 8.18. The molecule has 1 N–H and O–H groups in total. The Morgan fingerprint density at radius 1 is 1.47 bits per heavy atom. The lowest BCUT2D eigenvalue weighted by atomic mass is 10.0. The summed E-state index contributed by atoms with van der Waals surface area (Å²) in [5.74, 6) is 1.40. The fraction of sp³-hybridized carbons (Fsp3) is 0.500. The van der Waals surface area contributed by atoms with Crippen LogP contribution in [0.15, 0.2) is 21.6 Å². The molecular weight excluding hydrogens is 327 g/mol. The van der Waals surface area contributed by atoms with Gasteiger partial charge >= 0.3 is 0 Å². The van der Waals surface area contributed by atoms with Crippen molar-refractivity contribution in [3.63, 3.8) is 0 Å². The molecule has 0 fully saturated rings. The number of rotatable bonds is 2. The van der Waals surface area contributed by atoms with Gasteiger partial charge in [0.25, 0.3) is 0 Å². The van der Waals surface area contributed by atoms with Crippen LogP contribution in [0.2, 0.25) is 0 Å². The zero-order valence-electron chi connectivity index (χ0n) is 11.3. The third-order valence-corrected chi connectivity index (χ3v) is 4.74. The minimum atomic E-state index is -0.235. The third-order valence-electron chi connectivity index (χ3n) is 3.21. The van der Waals surface area contributed by atoms with E-state index in [1.54, 1.807) is 17.8 Å². The van der Waals surface area contributed by atoms with Crippen molar-refractivity contribution < 1.29 is 4.39 Å². The van der Waals surface area contributed by atoms with Crippen LogP contribution in [0.4, 0.5) is 10.1 Å². The maximum Gasteiger partial charge on any atom is 0.161 e. The molecule has 104 valence electrons. The van der Waals surface area contributed by atoms with Crippen molar-refractivity contribution in [1.82, 2.24) is 0 Å². The lowest BCUT2D eigenvalue weighted by Gasteiger charge is -2.23. The van der Waals surface area contributed by atoms with Crippen molar-refractivity contribution in [3.8, 4) is 0 Å². The Hall–Kier alpha value is -0.550. The average Bonchev–Trinajstić information content (AvgIpc) is 2.36.